The Kier molecular flexibility index (Phi) is 4.90. The van der Waals surface area contributed by atoms with Crippen molar-refractivity contribution in [2.24, 2.45) is 0 Å². The first-order chi connectivity index (χ1) is 13.1. The zero-order chi connectivity index (χ0) is 18.8. The molecule has 5 nitrogen and oxygen atoms in total. The van der Waals surface area contributed by atoms with Gasteiger partial charge in [0, 0.05) is 37.2 Å². The predicted molar refractivity (Wildman–Crippen MR) is 108 cm³/mol. The van der Waals surface area contributed by atoms with Crippen molar-refractivity contribution >= 4 is 39.1 Å². The Morgan fingerprint density at radius 1 is 1.15 bits per heavy atom. The lowest BCUT2D eigenvalue weighted by Gasteiger charge is -2.32. The molecule has 138 valence electrons. The summed E-state index contributed by atoms with van der Waals surface area (Å²) >= 11 is 1.73. The summed E-state index contributed by atoms with van der Waals surface area (Å²) in [4.78, 5) is 30.7. The molecule has 1 saturated heterocycles. The third kappa shape index (κ3) is 3.85. The molecule has 0 radical (unpaired) electrons. The highest BCUT2D eigenvalue weighted by molar-refractivity contribution is 7.18. The normalized spacial score (nSPS) is 17.1. The lowest BCUT2D eigenvalue weighted by atomic mass is 9.98. The quantitative estimate of drug-likeness (QED) is 0.739. The number of anilines is 1. The molecule has 4 rings (SSSR count). The van der Waals surface area contributed by atoms with Crippen molar-refractivity contribution in [1.82, 2.24) is 9.88 Å². The van der Waals surface area contributed by atoms with Gasteiger partial charge in [-0.05, 0) is 49.2 Å². The molecule has 0 spiro atoms. The molecule has 1 aliphatic heterocycles. The van der Waals surface area contributed by atoms with E-state index in [1.54, 1.807) is 35.6 Å². The number of piperidine rings is 1. The maximum Gasteiger partial charge on any atom is 0.253 e. The molecule has 0 bridgehead atoms. The van der Waals surface area contributed by atoms with Crippen molar-refractivity contribution in [2.45, 2.75) is 25.7 Å². The molecule has 2 aromatic carbocycles. The van der Waals surface area contributed by atoms with Crippen LogP contribution in [0, 0.1) is 0 Å². The predicted octanol–water partition coefficient (Wildman–Crippen LogP) is 4.27. The SMILES string of the molecule is CC(=O)Nc1ccc(C(=O)N2CCC[C@@H](c3nc4ccccc4s3)C2)cc1. The van der Waals surface area contributed by atoms with Gasteiger partial charge in [-0.15, -0.1) is 11.3 Å². The Hall–Kier alpha value is -2.73. The van der Waals surface area contributed by atoms with Gasteiger partial charge in [0.15, 0.2) is 0 Å². The number of hydrogen-bond donors (Lipinski definition) is 1. The minimum absolute atomic E-state index is 0.0372. The summed E-state index contributed by atoms with van der Waals surface area (Å²) in [6.07, 6.45) is 2.04. The lowest BCUT2D eigenvalue weighted by Crippen LogP contribution is -2.39. The van der Waals surface area contributed by atoms with E-state index < -0.39 is 0 Å². The monoisotopic (exact) mass is 379 g/mol. The summed E-state index contributed by atoms with van der Waals surface area (Å²) in [5.74, 6) is 0.206. The molecular formula is C21H21N3O2S. The van der Waals surface area contributed by atoms with E-state index in [-0.39, 0.29) is 11.8 Å². The van der Waals surface area contributed by atoms with E-state index in [9.17, 15) is 9.59 Å². The van der Waals surface area contributed by atoms with Crippen LogP contribution in [0.2, 0.25) is 0 Å². The molecule has 0 aliphatic carbocycles. The summed E-state index contributed by atoms with van der Waals surface area (Å²) in [6, 6.07) is 15.3. The molecule has 1 N–H and O–H groups in total. The summed E-state index contributed by atoms with van der Waals surface area (Å²) in [5, 5.41) is 3.84. The summed E-state index contributed by atoms with van der Waals surface area (Å²) in [5.41, 5.74) is 2.38. The zero-order valence-corrected chi connectivity index (χ0v) is 16.0. The molecule has 6 heteroatoms. The van der Waals surface area contributed by atoms with Crippen molar-refractivity contribution in [3.63, 3.8) is 0 Å². The van der Waals surface area contributed by atoms with Gasteiger partial charge in [-0.25, -0.2) is 4.98 Å². The minimum atomic E-state index is -0.121. The first-order valence-corrected chi connectivity index (χ1v) is 9.94. The van der Waals surface area contributed by atoms with Gasteiger partial charge < -0.3 is 10.2 Å². The number of nitrogens with zero attached hydrogens (tertiary/aromatic N) is 2. The maximum atomic E-state index is 12.9. The van der Waals surface area contributed by atoms with E-state index in [0.717, 1.165) is 29.9 Å². The molecule has 0 unspecified atom stereocenters. The summed E-state index contributed by atoms with van der Waals surface area (Å²) < 4.78 is 1.20. The number of carbonyl (C=O) groups excluding carboxylic acids is 2. The van der Waals surface area contributed by atoms with Crippen LogP contribution in [0.1, 0.15) is 41.0 Å². The van der Waals surface area contributed by atoms with Crippen LogP contribution >= 0.6 is 11.3 Å². The topological polar surface area (TPSA) is 62.3 Å². The number of benzene rings is 2. The van der Waals surface area contributed by atoms with Gasteiger partial charge >= 0.3 is 0 Å². The fourth-order valence-electron chi connectivity index (χ4n) is 3.51. The number of aromatic nitrogens is 1. The van der Waals surface area contributed by atoms with Gasteiger partial charge in [0.2, 0.25) is 5.91 Å². The number of carbonyl (C=O) groups is 2. The number of rotatable bonds is 3. The molecule has 27 heavy (non-hydrogen) atoms. The number of thiazole rings is 1. The van der Waals surface area contributed by atoms with Gasteiger partial charge in [0.25, 0.3) is 5.91 Å². The summed E-state index contributed by atoms with van der Waals surface area (Å²) in [6.45, 7) is 2.94. The van der Waals surface area contributed by atoms with Crippen LogP contribution in [0.3, 0.4) is 0 Å². The number of amides is 2. The molecule has 1 atom stereocenters. The van der Waals surface area contributed by atoms with Crippen molar-refractivity contribution in [3.8, 4) is 0 Å². The number of hydrogen-bond acceptors (Lipinski definition) is 4. The average Bonchev–Trinajstić information content (AvgIpc) is 3.12. The second-order valence-corrected chi connectivity index (χ2v) is 7.93. The molecule has 1 aromatic heterocycles. The van der Waals surface area contributed by atoms with Crippen LogP contribution in [0.15, 0.2) is 48.5 Å². The highest BCUT2D eigenvalue weighted by Crippen LogP contribution is 2.33. The first kappa shape index (κ1) is 17.7. The Morgan fingerprint density at radius 3 is 2.67 bits per heavy atom. The Balaban J connectivity index is 1.48. The number of fused-ring (bicyclic) bond motifs is 1. The summed E-state index contributed by atoms with van der Waals surface area (Å²) in [7, 11) is 0. The van der Waals surface area contributed by atoms with E-state index >= 15 is 0 Å². The standard InChI is InChI=1S/C21H21N3O2S/c1-14(25)22-17-10-8-15(9-11-17)21(26)24-12-4-5-16(13-24)20-23-18-6-2-3-7-19(18)27-20/h2-3,6-11,16H,4-5,12-13H2,1H3,(H,22,25)/t16-/m1/s1. The maximum absolute atomic E-state index is 12.9. The largest absolute Gasteiger partial charge is 0.338 e. The Bertz CT molecular complexity index is 948. The lowest BCUT2D eigenvalue weighted by molar-refractivity contribution is -0.114. The van der Waals surface area contributed by atoms with Crippen molar-refractivity contribution in [3.05, 3.63) is 59.1 Å². The van der Waals surface area contributed by atoms with E-state index in [4.69, 9.17) is 4.98 Å². The third-order valence-electron chi connectivity index (χ3n) is 4.82. The van der Waals surface area contributed by atoms with Crippen LogP contribution in [-0.2, 0) is 4.79 Å². The molecule has 1 aliphatic rings. The van der Waals surface area contributed by atoms with Crippen LogP contribution < -0.4 is 5.32 Å². The van der Waals surface area contributed by atoms with Gasteiger partial charge in [0.1, 0.15) is 0 Å². The van der Waals surface area contributed by atoms with Gasteiger partial charge in [0.05, 0.1) is 15.2 Å². The molecule has 3 aromatic rings. The number of likely N-dealkylation sites (tertiary alicyclic amines) is 1. The van der Waals surface area contributed by atoms with E-state index in [1.165, 1.54) is 11.6 Å². The second kappa shape index (κ2) is 7.48. The van der Waals surface area contributed by atoms with Gasteiger partial charge in [-0.2, -0.15) is 0 Å². The van der Waals surface area contributed by atoms with Crippen LogP contribution in [0.4, 0.5) is 5.69 Å². The van der Waals surface area contributed by atoms with Gasteiger partial charge in [-0.1, -0.05) is 12.1 Å². The zero-order valence-electron chi connectivity index (χ0n) is 15.1. The number of nitrogens with one attached hydrogen (secondary N) is 1. The van der Waals surface area contributed by atoms with E-state index in [2.05, 4.69) is 11.4 Å². The van der Waals surface area contributed by atoms with Gasteiger partial charge in [-0.3, -0.25) is 9.59 Å². The molecule has 2 heterocycles. The van der Waals surface area contributed by atoms with E-state index in [1.807, 2.05) is 23.1 Å². The molecular weight excluding hydrogens is 358 g/mol. The number of para-hydroxylation sites is 1. The van der Waals surface area contributed by atoms with Crippen LogP contribution in [-0.4, -0.2) is 34.8 Å². The van der Waals surface area contributed by atoms with Crippen molar-refractivity contribution in [1.29, 1.82) is 0 Å². The van der Waals surface area contributed by atoms with Crippen molar-refractivity contribution in [2.75, 3.05) is 18.4 Å². The smallest absolute Gasteiger partial charge is 0.253 e. The first-order valence-electron chi connectivity index (χ1n) is 9.12. The minimum Gasteiger partial charge on any atom is -0.338 e. The fourth-order valence-corrected chi connectivity index (χ4v) is 4.60. The highest BCUT2D eigenvalue weighted by atomic mass is 32.1. The highest BCUT2D eigenvalue weighted by Gasteiger charge is 2.27. The Labute approximate surface area is 162 Å². The third-order valence-corrected chi connectivity index (χ3v) is 6.02. The van der Waals surface area contributed by atoms with E-state index in [0.29, 0.717) is 23.7 Å². The van der Waals surface area contributed by atoms with Crippen LogP contribution in [0.25, 0.3) is 10.2 Å². The molecule has 2 amide bonds. The average molecular weight is 379 g/mol. The fraction of sp³-hybridized carbons (Fsp3) is 0.286. The second-order valence-electron chi connectivity index (χ2n) is 6.87. The molecule has 1 fully saturated rings. The van der Waals surface area contributed by atoms with Crippen LogP contribution in [0.5, 0.6) is 0 Å². The molecule has 0 saturated carbocycles. The van der Waals surface area contributed by atoms with Crippen molar-refractivity contribution < 1.29 is 9.59 Å². The Morgan fingerprint density at radius 2 is 1.93 bits per heavy atom.